The van der Waals surface area contributed by atoms with Crippen LogP contribution < -0.4 is 0 Å². The third kappa shape index (κ3) is 4.72. The summed E-state index contributed by atoms with van der Waals surface area (Å²) in [6, 6.07) is 0. The summed E-state index contributed by atoms with van der Waals surface area (Å²) in [5.41, 5.74) is 3.18. The summed E-state index contributed by atoms with van der Waals surface area (Å²) >= 11 is 0. The van der Waals surface area contributed by atoms with Crippen LogP contribution in [0.1, 0.15) is 20.3 Å². The van der Waals surface area contributed by atoms with Gasteiger partial charge in [0.2, 0.25) is 0 Å². The van der Waals surface area contributed by atoms with Crippen molar-refractivity contribution in [2.75, 3.05) is 13.2 Å². The van der Waals surface area contributed by atoms with E-state index < -0.39 is 0 Å². The first kappa shape index (κ1) is 11.0. The summed E-state index contributed by atoms with van der Waals surface area (Å²) in [5.74, 6) is -0.374. The standard InChI is InChI=1S/C9H14O3/c1-3-5-8(2)9(11)12-7-4-6-10/h3,10H,4,6-7H2,1-2H3. The zero-order valence-corrected chi connectivity index (χ0v) is 7.46. The van der Waals surface area contributed by atoms with Gasteiger partial charge in [-0.2, -0.15) is 0 Å². The summed E-state index contributed by atoms with van der Waals surface area (Å²) in [5, 5.41) is 8.40. The van der Waals surface area contributed by atoms with Crippen molar-refractivity contribution in [3.63, 3.8) is 0 Å². The van der Waals surface area contributed by atoms with E-state index in [1.54, 1.807) is 19.9 Å². The van der Waals surface area contributed by atoms with Gasteiger partial charge in [-0.3, -0.25) is 0 Å². The van der Waals surface area contributed by atoms with Crippen molar-refractivity contribution < 1.29 is 14.6 Å². The van der Waals surface area contributed by atoms with Crippen molar-refractivity contribution >= 4 is 5.97 Å². The molecule has 0 bridgehead atoms. The van der Waals surface area contributed by atoms with E-state index in [0.29, 0.717) is 12.0 Å². The van der Waals surface area contributed by atoms with Crippen LogP contribution in [-0.4, -0.2) is 24.3 Å². The smallest absolute Gasteiger partial charge is 0.341 e. The van der Waals surface area contributed by atoms with E-state index in [2.05, 4.69) is 5.73 Å². The molecule has 0 radical (unpaired) electrons. The highest BCUT2D eigenvalue weighted by Gasteiger charge is 2.02. The average Bonchev–Trinajstić information content (AvgIpc) is 2.05. The number of carbonyl (C=O) groups is 1. The molecule has 0 unspecified atom stereocenters. The number of hydrogen-bond donors (Lipinski definition) is 1. The fraction of sp³-hybridized carbons (Fsp3) is 0.556. The fourth-order valence-electron chi connectivity index (χ4n) is 0.613. The minimum atomic E-state index is -0.374. The molecule has 12 heavy (non-hydrogen) atoms. The van der Waals surface area contributed by atoms with E-state index in [0.717, 1.165) is 0 Å². The second kappa shape index (κ2) is 6.65. The largest absolute Gasteiger partial charge is 0.462 e. The number of hydrogen-bond acceptors (Lipinski definition) is 3. The number of ether oxygens (including phenoxy) is 1. The molecule has 3 nitrogen and oxygen atoms in total. The van der Waals surface area contributed by atoms with Gasteiger partial charge in [-0.15, -0.1) is 5.73 Å². The minimum Gasteiger partial charge on any atom is -0.462 e. The Kier molecular flexibility index (Phi) is 6.07. The van der Waals surface area contributed by atoms with Gasteiger partial charge in [-0.25, -0.2) is 4.79 Å². The van der Waals surface area contributed by atoms with E-state index in [4.69, 9.17) is 9.84 Å². The Balaban J connectivity index is 3.81. The Morgan fingerprint density at radius 3 is 2.83 bits per heavy atom. The molecule has 0 aliphatic rings. The molecular formula is C9H14O3. The highest BCUT2D eigenvalue weighted by molar-refractivity contribution is 5.87. The van der Waals surface area contributed by atoms with Crippen LogP contribution in [0.3, 0.4) is 0 Å². The highest BCUT2D eigenvalue weighted by Crippen LogP contribution is 1.94. The van der Waals surface area contributed by atoms with Crippen LogP contribution in [0.4, 0.5) is 0 Å². The normalized spacial score (nSPS) is 8.58. The zero-order valence-electron chi connectivity index (χ0n) is 7.46. The van der Waals surface area contributed by atoms with Gasteiger partial charge in [-0.05, 0) is 19.9 Å². The third-order valence-electron chi connectivity index (χ3n) is 1.20. The zero-order chi connectivity index (χ0) is 9.40. The number of carbonyl (C=O) groups excluding carboxylic acids is 1. The van der Waals surface area contributed by atoms with Crippen molar-refractivity contribution in [2.24, 2.45) is 0 Å². The van der Waals surface area contributed by atoms with Crippen molar-refractivity contribution in [3.8, 4) is 0 Å². The van der Waals surface area contributed by atoms with Crippen molar-refractivity contribution in [1.29, 1.82) is 0 Å². The Labute approximate surface area is 72.3 Å². The maximum atomic E-state index is 11.0. The molecule has 0 fully saturated rings. The fourth-order valence-corrected chi connectivity index (χ4v) is 0.613. The quantitative estimate of drug-likeness (QED) is 0.297. The Bertz CT molecular complexity index is 200. The van der Waals surface area contributed by atoms with Crippen molar-refractivity contribution in [1.82, 2.24) is 0 Å². The van der Waals surface area contributed by atoms with Gasteiger partial charge < -0.3 is 9.84 Å². The topological polar surface area (TPSA) is 46.5 Å². The lowest BCUT2D eigenvalue weighted by atomic mass is 10.3. The van der Waals surface area contributed by atoms with Crippen LogP contribution in [0.15, 0.2) is 17.4 Å². The monoisotopic (exact) mass is 170 g/mol. The molecule has 0 heterocycles. The van der Waals surface area contributed by atoms with Crippen LogP contribution in [0.5, 0.6) is 0 Å². The van der Waals surface area contributed by atoms with Gasteiger partial charge in [0.15, 0.2) is 0 Å². The number of esters is 1. The molecule has 0 saturated heterocycles. The molecule has 0 aromatic heterocycles. The summed E-state index contributed by atoms with van der Waals surface area (Å²) in [6.07, 6.45) is 2.14. The van der Waals surface area contributed by atoms with Crippen LogP contribution in [0, 0.1) is 0 Å². The van der Waals surface area contributed by atoms with Gasteiger partial charge in [-0.1, -0.05) is 0 Å². The van der Waals surface area contributed by atoms with Gasteiger partial charge in [0.25, 0.3) is 0 Å². The summed E-state index contributed by atoms with van der Waals surface area (Å²) in [6.45, 7) is 3.73. The second-order valence-corrected chi connectivity index (χ2v) is 2.27. The van der Waals surface area contributed by atoms with E-state index in [9.17, 15) is 4.79 Å². The van der Waals surface area contributed by atoms with Gasteiger partial charge in [0.05, 0.1) is 12.2 Å². The average molecular weight is 170 g/mol. The molecule has 0 spiro atoms. The molecule has 0 atom stereocenters. The number of aliphatic hydroxyl groups excluding tert-OH is 1. The molecule has 0 rings (SSSR count). The maximum Gasteiger partial charge on any atom is 0.341 e. The predicted octanol–water partition coefficient (Wildman–Crippen LogP) is 1.03. The molecule has 68 valence electrons. The van der Waals surface area contributed by atoms with Crippen LogP contribution in [0.2, 0.25) is 0 Å². The predicted molar refractivity (Wildman–Crippen MR) is 45.6 cm³/mol. The number of rotatable bonds is 4. The lowest BCUT2D eigenvalue weighted by Crippen LogP contribution is -2.07. The first-order valence-electron chi connectivity index (χ1n) is 3.88. The van der Waals surface area contributed by atoms with Crippen molar-refractivity contribution in [2.45, 2.75) is 20.3 Å². The lowest BCUT2D eigenvalue weighted by molar-refractivity contribution is -0.139. The second-order valence-electron chi connectivity index (χ2n) is 2.27. The summed E-state index contributed by atoms with van der Waals surface area (Å²) < 4.78 is 4.78. The Morgan fingerprint density at radius 1 is 1.67 bits per heavy atom. The van der Waals surface area contributed by atoms with E-state index in [-0.39, 0.29) is 19.2 Å². The SMILES string of the molecule is CC=C=C(C)C(=O)OCCCO. The molecule has 0 amide bonds. The maximum absolute atomic E-state index is 11.0. The van der Waals surface area contributed by atoms with Gasteiger partial charge in [0, 0.05) is 13.0 Å². The molecule has 1 N–H and O–H groups in total. The van der Waals surface area contributed by atoms with Gasteiger partial charge in [0.1, 0.15) is 0 Å². The van der Waals surface area contributed by atoms with Crippen LogP contribution >= 0.6 is 0 Å². The molecule has 0 saturated carbocycles. The third-order valence-corrected chi connectivity index (χ3v) is 1.20. The Morgan fingerprint density at radius 2 is 2.33 bits per heavy atom. The van der Waals surface area contributed by atoms with E-state index >= 15 is 0 Å². The van der Waals surface area contributed by atoms with Gasteiger partial charge >= 0.3 is 5.97 Å². The van der Waals surface area contributed by atoms with E-state index in [1.165, 1.54) is 0 Å². The van der Waals surface area contributed by atoms with Crippen molar-refractivity contribution in [3.05, 3.63) is 17.4 Å². The lowest BCUT2D eigenvalue weighted by Gasteiger charge is -2.00. The first-order valence-corrected chi connectivity index (χ1v) is 3.88. The highest BCUT2D eigenvalue weighted by atomic mass is 16.5. The molecule has 0 aliphatic carbocycles. The summed E-state index contributed by atoms with van der Waals surface area (Å²) in [4.78, 5) is 11.0. The molecule has 0 aliphatic heterocycles. The van der Waals surface area contributed by atoms with Crippen LogP contribution in [0.25, 0.3) is 0 Å². The minimum absolute atomic E-state index is 0.0413. The summed E-state index contributed by atoms with van der Waals surface area (Å²) in [7, 11) is 0. The molecular weight excluding hydrogens is 156 g/mol. The molecule has 0 aromatic carbocycles. The van der Waals surface area contributed by atoms with E-state index in [1.807, 2.05) is 0 Å². The first-order chi connectivity index (χ1) is 5.72. The van der Waals surface area contributed by atoms with Crippen LogP contribution in [-0.2, 0) is 9.53 Å². The Hall–Kier alpha value is -1.05. The molecule has 3 heteroatoms. The molecule has 0 aromatic rings. The number of aliphatic hydroxyl groups is 1.